The van der Waals surface area contributed by atoms with E-state index in [1.165, 1.54) is 65.1 Å². The lowest BCUT2D eigenvalue weighted by Crippen LogP contribution is -2.98. The van der Waals surface area contributed by atoms with Crippen LogP contribution in [0, 0.1) is 81.3 Å². The molecule has 10 saturated carbocycles. The summed E-state index contributed by atoms with van der Waals surface area (Å²) in [5, 5.41) is 0. The first-order valence-electron chi connectivity index (χ1n) is 9.87. The van der Waals surface area contributed by atoms with E-state index in [0.29, 0.717) is 0 Å². The molecular formula is C20H22S. The van der Waals surface area contributed by atoms with Gasteiger partial charge in [0, 0.05) is 4.75 Å². The Morgan fingerprint density at radius 2 is 1.67 bits per heavy atom. The monoisotopic (exact) mass is 294 g/mol. The molecule has 0 aliphatic heterocycles. The summed E-state index contributed by atoms with van der Waals surface area (Å²) >= 11 is 2.37. The predicted molar refractivity (Wildman–Crippen MR) is 80.4 cm³/mol. The number of hydrogen-bond donors (Lipinski definition) is 0. The number of hydrogen-bond acceptors (Lipinski definition) is 1. The second-order valence-electron chi connectivity index (χ2n) is 11.3. The third-order valence-corrected chi connectivity index (χ3v) is 14.8. The van der Waals surface area contributed by atoms with Gasteiger partial charge in [-0.2, -0.15) is 11.8 Å². The molecule has 0 N–H and O–H groups in total. The van der Waals surface area contributed by atoms with Gasteiger partial charge >= 0.3 is 0 Å². The van der Waals surface area contributed by atoms with Crippen molar-refractivity contribution in [1.29, 1.82) is 0 Å². The summed E-state index contributed by atoms with van der Waals surface area (Å²) in [7, 11) is 0. The molecule has 0 nitrogen and oxygen atoms in total. The van der Waals surface area contributed by atoms with Crippen molar-refractivity contribution in [1.82, 2.24) is 0 Å². The third kappa shape index (κ3) is 0.410. The Hall–Kier alpha value is 0.350. The van der Waals surface area contributed by atoms with Gasteiger partial charge in [-0.05, 0) is 113 Å². The van der Waals surface area contributed by atoms with Gasteiger partial charge in [0.05, 0.1) is 0 Å². The molecule has 1 heteroatoms. The summed E-state index contributed by atoms with van der Waals surface area (Å²) in [6.45, 7) is 0. The maximum atomic E-state index is 2.50. The zero-order valence-electron chi connectivity index (χ0n) is 12.6. The first kappa shape index (κ1) is 9.60. The highest BCUT2D eigenvalue weighted by molar-refractivity contribution is 8.00. The van der Waals surface area contributed by atoms with E-state index in [-0.39, 0.29) is 0 Å². The molecule has 0 aromatic heterocycles. The Morgan fingerprint density at radius 3 is 2.48 bits per heavy atom. The van der Waals surface area contributed by atoms with Crippen LogP contribution < -0.4 is 0 Å². The van der Waals surface area contributed by atoms with E-state index in [0.717, 1.165) is 21.0 Å². The molecule has 0 saturated heterocycles. The number of thioether (sulfide) groups is 1. The molecule has 10 rings (SSSR count). The average Bonchev–Trinajstić information content (AvgIpc) is 2.79. The summed E-state index contributed by atoms with van der Waals surface area (Å²) in [5.41, 5.74) is 3.01. The molecule has 0 radical (unpaired) electrons. The quantitative estimate of drug-likeness (QED) is 0.713. The largest absolute Gasteiger partial charge is 0.158 e. The lowest BCUT2D eigenvalue weighted by Gasteiger charge is -3.00. The van der Waals surface area contributed by atoms with Crippen molar-refractivity contribution in [3.63, 3.8) is 0 Å². The van der Waals surface area contributed by atoms with Crippen molar-refractivity contribution in [3.05, 3.63) is 0 Å². The Kier molecular flexibility index (Phi) is 0.896. The second-order valence-corrected chi connectivity index (χ2v) is 12.4. The van der Waals surface area contributed by atoms with E-state index in [4.69, 9.17) is 0 Å². The van der Waals surface area contributed by atoms with Crippen LogP contribution in [0.1, 0.15) is 25.7 Å². The minimum atomic E-state index is 0.849. The van der Waals surface area contributed by atoms with E-state index in [9.17, 15) is 0 Å². The van der Waals surface area contributed by atoms with Crippen LogP contribution in [0.5, 0.6) is 0 Å². The molecule has 0 aromatic carbocycles. The van der Waals surface area contributed by atoms with Crippen molar-refractivity contribution in [2.24, 2.45) is 81.3 Å². The lowest BCUT2D eigenvalue weighted by molar-refractivity contribution is -0.503. The molecule has 15 atom stereocenters. The molecule has 0 bridgehead atoms. The molecule has 10 fully saturated rings. The normalized spacial score (nSPS) is 98.4. The molecule has 10 aliphatic carbocycles. The van der Waals surface area contributed by atoms with E-state index in [1.54, 1.807) is 25.7 Å². The van der Waals surface area contributed by atoms with Gasteiger partial charge < -0.3 is 0 Å². The van der Waals surface area contributed by atoms with Crippen molar-refractivity contribution in [2.45, 2.75) is 30.4 Å². The van der Waals surface area contributed by atoms with Gasteiger partial charge in [0.25, 0.3) is 0 Å². The molecule has 0 amide bonds. The van der Waals surface area contributed by atoms with Crippen LogP contribution >= 0.6 is 11.8 Å². The van der Waals surface area contributed by atoms with Gasteiger partial charge in [0.1, 0.15) is 0 Å². The van der Waals surface area contributed by atoms with Crippen LogP contribution in [-0.2, 0) is 0 Å². The third-order valence-electron chi connectivity index (χ3n) is 13.2. The minimum Gasteiger partial charge on any atom is -0.158 e. The molecule has 21 heavy (non-hydrogen) atoms. The van der Waals surface area contributed by atoms with Crippen molar-refractivity contribution in [2.75, 3.05) is 6.26 Å². The van der Waals surface area contributed by atoms with Crippen molar-refractivity contribution in [3.8, 4) is 0 Å². The van der Waals surface area contributed by atoms with Crippen LogP contribution in [0.15, 0.2) is 0 Å². The summed E-state index contributed by atoms with van der Waals surface area (Å²) in [5.74, 6) is 14.0. The zero-order valence-corrected chi connectivity index (χ0v) is 13.4. The summed E-state index contributed by atoms with van der Waals surface area (Å²) < 4.78 is 0.849. The smallest absolute Gasteiger partial charge is 0.0258 e. The maximum Gasteiger partial charge on any atom is 0.0258 e. The Morgan fingerprint density at radius 1 is 0.810 bits per heavy atom. The minimum absolute atomic E-state index is 0.849. The fraction of sp³-hybridized carbons (Fsp3) is 1.00. The predicted octanol–water partition coefficient (Wildman–Crippen LogP) is 3.52. The van der Waals surface area contributed by atoms with E-state index >= 15 is 0 Å². The van der Waals surface area contributed by atoms with Crippen molar-refractivity contribution >= 4 is 11.8 Å². The van der Waals surface area contributed by atoms with E-state index in [1.807, 2.05) is 0 Å². The van der Waals surface area contributed by atoms with E-state index < -0.39 is 0 Å². The topological polar surface area (TPSA) is 0 Å². The highest BCUT2D eigenvalue weighted by Gasteiger charge is 3.11. The van der Waals surface area contributed by atoms with Crippen molar-refractivity contribution < 1.29 is 0 Å². The highest BCUT2D eigenvalue weighted by Crippen LogP contribution is 3.14. The molecule has 3 spiro atoms. The van der Waals surface area contributed by atoms with Gasteiger partial charge in [-0.1, -0.05) is 0 Å². The highest BCUT2D eigenvalue weighted by atomic mass is 32.2. The van der Waals surface area contributed by atoms with Crippen LogP contribution in [0.2, 0.25) is 0 Å². The van der Waals surface area contributed by atoms with Gasteiger partial charge in [0.2, 0.25) is 0 Å². The van der Waals surface area contributed by atoms with Gasteiger partial charge in [-0.25, -0.2) is 0 Å². The molecule has 108 valence electrons. The van der Waals surface area contributed by atoms with Crippen LogP contribution in [0.25, 0.3) is 0 Å². The fourth-order valence-electron chi connectivity index (χ4n) is 14.2. The second kappa shape index (κ2) is 1.96. The SMILES string of the molecule is CSC12CC3CC4C5C6CC7CC8C9C%10C1C(C%105C9C786)C342. The lowest BCUT2D eigenvalue weighted by atomic mass is 9.06. The molecule has 0 aromatic rings. The van der Waals surface area contributed by atoms with Crippen LogP contribution in [0.3, 0.4) is 0 Å². The molecule has 15 unspecified atom stereocenters. The summed E-state index contributed by atoms with van der Waals surface area (Å²) in [6.07, 6.45) is 9.26. The number of fused-ring (bicyclic) bond motifs is 6. The molecular weight excluding hydrogens is 272 g/mol. The average molecular weight is 294 g/mol. The van der Waals surface area contributed by atoms with Gasteiger partial charge in [-0.15, -0.1) is 0 Å². The maximum absolute atomic E-state index is 2.50. The first-order chi connectivity index (χ1) is 10.3. The van der Waals surface area contributed by atoms with Crippen LogP contribution in [0.4, 0.5) is 0 Å². The van der Waals surface area contributed by atoms with Gasteiger partial charge in [-0.3, -0.25) is 0 Å². The summed E-state index contributed by atoms with van der Waals surface area (Å²) in [4.78, 5) is 0. The Labute approximate surface area is 130 Å². The Bertz CT molecular complexity index is 744. The van der Waals surface area contributed by atoms with Crippen LogP contribution in [-0.4, -0.2) is 11.0 Å². The fourth-order valence-corrected chi connectivity index (χ4v) is 15.9. The molecule has 0 heterocycles. The first-order valence-corrected chi connectivity index (χ1v) is 11.1. The summed E-state index contributed by atoms with van der Waals surface area (Å²) in [6, 6.07) is 0. The van der Waals surface area contributed by atoms with Gasteiger partial charge in [0.15, 0.2) is 0 Å². The Balaban J connectivity index is 1.33. The standard InChI is InChI=1S/C20H22S/c1-21-17-5-7-4-10-12-9-3-6-2-8-11-13-14(17)16(20(7,10)17)19(12,13)15(11)18(6,8)9/h6-16H,2-5H2,1H3. The van der Waals surface area contributed by atoms with E-state index in [2.05, 4.69) is 18.0 Å². The zero-order chi connectivity index (χ0) is 12.9. The number of rotatable bonds is 1. The molecule has 10 aliphatic rings.